The van der Waals surface area contributed by atoms with Gasteiger partial charge in [-0.2, -0.15) is 0 Å². The quantitative estimate of drug-likeness (QED) is 0.396. The number of hydrogen-bond acceptors (Lipinski definition) is 5. The number of nitrogens with one attached hydrogen (secondary N) is 1. The summed E-state index contributed by atoms with van der Waals surface area (Å²) < 4.78 is 12.1. The summed E-state index contributed by atoms with van der Waals surface area (Å²) in [6.45, 7) is -0.390. The van der Waals surface area contributed by atoms with E-state index in [1.54, 1.807) is 37.4 Å². The lowest BCUT2D eigenvalue weighted by Crippen LogP contribution is -2.20. The van der Waals surface area contributed by atoms with Crippen LogP contribution < -0.4 is 10.1 Å². The number of amides is 1. The molecular weight excluding hydrogens is 489 g/mol. The molecule has 2 aromatic carbocycles. The van der Waals surface area contributed by atoms with Crippen molar-refractivity contribution in [2.45, 2.75) is 0 Å². The van der Waals surface area contributed by atoms with Crippen LogP contribution in [0.5, 0.6) is 5.75 Å². The normalized spacial score (nSPS) is 10.6. The summed E-state index contributed by atoms with van der Waals surface area (Å²) in [5.41, 5.74) is 0.637. The first-order valence-corrected chi connectivity index (χ1v) is 9.74. The number of hydrogen-bond donors (Lipinski definition) is 1. The van der Waals surface area contributed by atoms with Gasteiger partial charge in [0.05, 0.1) is 12.1 Å². The highest BCUT2D eigenvalue weighted by Gasteiger charge is 2.20. The van der Waals surface area contributed by atoms with Crippen LogP contribution in [0.3, 0.4) is 0 Å². The number of thiophene rings is 1. The van der Waals surface area contributed by atoms with E-state index in [0.29, 0.717) is 16.5 Å². The molecule has 1 aromatic heterocycles. The van der Waals surface area contributed by atoms with Crippen molar-refractivity contribution in [2.24, 2.45) is 0 Å². The van der Waals surface area contributed by atoms with Gasteiger partial charge in [0, 0.05) is 19.3 Å². The Hall–Kier alpha value is -1.84. The molecule has 0 radical (unpaired) electrons. The minimum Gasteiger partial charge on any atom is -0.497 e. The summed E-state index contributed by atoms with van der Waals surface area (Å²) in [6.07, 6.45) is 0. The minimum absolute atomic E-state index is 0.261. The first kappa shape index (κ1) is 18.9. The van der Waals surface area contributed by atoms with Crippen molar-refractivity contribution in [3.8, 4) is 5.75 Å². The van der Waals surface area contributed by atoms with Crippen LogP contribution in [0.1, 0.15) is 9.67 Å². The van der Waals surface area contributed by atoms with Crippen molar-refractivity contribution in [3.05, 3.63) is 55.9 Å². The molecule has 8 heteroatoms. The summed E-state index contributed by atoms with van der Waals surface area (Å²) in [5.74, 6) is -0.376. The molecule has 1 heterocycles. The molecule has 0 spiro atoms. The molecule has 0 saturated carbocycles. The first-order chi connectivity index (χ1) is 12.5. The fraction of sp³-hybridized carbons (Fsp3) is 0.111. The van der Waals surface area contributed by atoms with Gasteiger partial charge in [-0.3, -0.25) is 4.79 Å². The number of carbonyl (C=O) groups is 2. The van der Waals surface area contributed by atoms with E-state index in [1.165, 1.54) is 11.3 Å². The predicted octanol–water partition coefficient (Wildman–Crippen LogP) is 4.96. The predicted molar refractivity (Wildman–Crippen MR) is 111 cm³/mol. The van der Waals surface area contributed by atoms with Gasteiger partial charge in [0.15, 0.2) is 6.61 Å². The molecule has 0 unspecified atom stereocenters. The van der Waals surface area contributed by atoms with Gasteiger partial charge in [0.25, 0.3) is 5.91 Å². The highest BCUT2D eigenvalue weighted by Crippen LogP contribution is 2.37. The van der Waals surface area contributed by atoms with Crippen LogP contribution in [-0.4, -0.2) is 25.6 Å². The lowest BCUT2D eigenvalue weighted by Gasteiger charge is -2.06. The smallest absolute Gasteiger partial charge is 0.350 e. The van der Waals surface area contributed by atoms with Gasteiger partial charge < -0.3 is 14.8 Å². The molecule has 0 aliphatic rings. The van der Waals surface area contributed by atoms with Gasteiger partial charge in [-0.15, -0.1) is 11.3 Å². The maximum absolute atomic E-state index is 12.3. The minimum atomic E-state index is -0.632. The molecule has 0 atom stereocenters. The van der Waals surface area contributed by atoms with E-state index in [2.05, 4.69) is 27.9 Å². The van der Waals surface area contributed by atoms with Crippen molar-refractivity contribution in [1.29, 1.82) is 0 Å². The van der Waals surface area contributed by atoms with Crippen LogP contribution in [-0.2, 0) is 9.53 Å². The highest BCUT2D eigenvalue weighted by molar-refractivity contribution is 14.1. The maximum atomic E-state index is 12.3. The zero-order valence-electron chi connectivity index (χ0n) is 13.5. The lowest BCUT2D eigenvalue weighted by molar-refractivity contribution is -0.119. The highest BCUT2D eigenvalue weighted by atomic mass is 127. The van der Waals surface area contributed by atoms with Crippen LogP contribution in [0.25, 0.3) is 10.1 Å². The van der Waals surface area contributed by atoms with E-state index >= 15 is 0 Å². The summed E-state index contributed by atoms with van der Waals surface area (Å²) in [5, 5.41) is 3.73. The summed E-state index contributed by atoms with van der Waals surface area (Å²) in [6, 6.07) is 12.6. The third-order valence-electron chi connectivity index (χ3n) is 3.48. The molecule has 3 rings (SSSR count). The van der Waals surface area contributed by atoms with E-state index in [4.69, 9.17) is 21.1 Å². The number of fused-ring (bicyclic) bond motifs is 1. The second-order valence-electron chi connectivity index (χ2n) is 5.24. The fourth-order valence-electron chi connectivity index (χ4n) is 2.23. The van der Waals surface area contributed by atoms with Crippen molar-refractivity contribution in [2.75, 3.05) is 19.0 Å². The lowest BCUT2D eigenvalue weighted by atomic mass is 10.2. The Labute approximate surface area is 172 Å². The van der Waals surface area contributed by atoms with Crippen LogP contribution >= 0.6 is 45.5 Å². The molecule has 5 nitrogen and oxygen atoms in total. The fourth-order valence-corrected chi connectivity index (χ4v) is 4.02. The maximum Gasteiger partial charge on any atom is 0.350 e. The third kappa shape index (κ3) is 4.28. The molecule has 1 N–H and O–H groups in total. The number of halogens is 2. The molecule has 0 fully saturated rings. The van der Waals surface area contributed by atoms with Gasteiger partial charge in [-0.25, -0.2) is 4.79 Å². The SMILES string of the molecule is COc1ccc2c(Cl)c(C(=O)OCC(=O)Nc3ccc(I)cc3)sc2c1. The van der Waals surface area contributed by atoms with E-state index in [0.717, 1.165) is 13.7 Å². The zero-order chi connectivity index (χ0) is 18.7. The average Bonchev–Trinajstić information content (AvgIpc) is 2.97. The van der Waals surface area contributed by atoms with Crippen molar-refractivity contribution < 1.29 is 19.1 Å². The Morgan fingerprint density at radius 3 is 2.62 bits per heavy atom. The third-order valence-corrected chi connectivity index (χ3v) is 5.84. The van der Waals surface area contributed by atoms with Crippen molar-refractivity contribution >= 4 is 73.2 Å². The second kappa shape index (κ2) is 8.24. The molecule has 3 aromatic rings. The number of benzene rings is 2. The molecule has 0 aliphatic heterocycles. The van der Waals surface area contributed by atoms with E-state index < -0.39 is 18.5 Å². The van der Waals surface area contributed by atoms with Gasteiger partial charge in [0.1, 0.15) is 10.6 Å². The Kier molecular flexibility index (Phi) is 6.00. The van der Waals surface area contributed by atoms with Crippen molar-refractivity contribution in [3.63, 3.8) is 0 Å². The number of esters is 1. The summed E-state index contributed by atoms with van der Waals surface area (Å²) >= 11 is 9.65. The number of ether oxygens (including phenoxy) is 2. The Morgan fingerprint density at radius 1 is 1.19 bits per heavy atom. The number of carbonyl (C=O) groups excluding carboxylic acids is 2. The monoisotopic (exact) mass is 501 g/mol. The Balaban J connectivity index is 1.66. The van der Waals surface area contributed by atoms with Crippen molar-refractivity contribution in [1.82, 2.24) is 0 Å². The number of anilines is 1. The molecule has 134 valence electrons. The molecule has 0 bridgehead atoms. The van der Waals surface area contributed by atoms with Crippen LogP contribution in [0.15, 0.2) is 42.5 Å². The van der Waals surface area contributed by atoms with Crippen LogP contribution in [0, 0.1) is 3.57 Å². The summed E-state index contributed by atoms with van der Waals surface area (Å²) in [7, 11) is 1.57. The molecular formula is C18H13ClINO4S. The first-order valence-electron chi connectivity index (χ1n) is 7.46. The molecule has 0 aliphatic carbocycles. The van der Waals surface area contributed by atoms with Gasteiger partial charge in [-0.1, -0.05) is 11.6 Å². The van der Waals surface area contributed by atoms with Gasteiger partial charge in [-0.05, 0) is 65.1 Å². The van der Waals surface area contributed by atoms with Gasteiger partial charge >= 0.3 is 5.97 Å². The van der Waals surface area contributed by atoms with Crippen LogP contribution in [0.4, 0.5) is 5.69 Å². The topological polar surface area (TPSA) is 64.6 Å². The Bertz CT molecular complexity index is 971. The van der Waals surface area contributed by atoms with E-state index in [1.807, 2.05) is 12.1 Å². The van der Waals surface area contributed by atoms with Gasteiger partial charge in [0.2, 0.25) is 0 Å². The van der Waals surface area contributed by atoms with Crippen LogP contribution in [0.2, 0.25) is 5.02 Å². The zero-order valence-corrected chi connectivity index (χ0v) is 17.3. The largest absolute Gasteiger partial charge is 0.497 e. The average molecular weight is 502 g/mol. The molecule has 26 heavy (non-hydrogen) atoms. The summed E-state index contributed by atoms with van der Waals surface area (Å²) in [4.78, 5) is 24.5. The number of methoxy groups -OCH3 is 1. The molecule has 1 amide bonds. The number of rotatable bonds is 5. The second-order valence-corrected chi connectivity index (χ2v) is 7.91. The standard InChI is InChI=1S/C18H13ClINO4S/c1-24-12-6-7-13-14(8-12)26-17(16(13)19)18(23)25-9-15(22)21-11-4-2-10(20)3-5-11/h2-8H,9H2,1H3,(H,21,22). The Morgan fingerprint density at radius 2 is 1.92 bits per heavy atom. The van der Waals surface area contributed by atoms with E-state index in [-0.39, 0.29) is 4.88 Å². The molecule has 0 saturated heterocycles. The van der Waals surface area contributed by atoms with E-state index in [9.17, 15) is 9.59 Å².